The summed E-state index contributed by atoms with van der Waals surface area (Å²) in [6.45, 7) is 0.433. The highest BCUT2D eigenvalue weighted by atomic mass is 16.6. The molecule has 0 unspecified atom stereocenters. The second kappa shape index (κ2) is 4.86. The molecule has 1 heterocycles. The molecule has 1 amide bonds. The summed E-state index contributed by atoms with van der Waals surface area (Å²) in [4.78, 5) is 23.9. The first kappa shape index (κ1) is 11.4. The van der Waals surface area contributed by atoms with Crippen LogP contribution in [0.2, 0.25) is 0 Å². The van der Waals surface area contributed by atoms with Crippen molar-refractivity contribution in [3.63, 3.8) is 0 Å². The van der Waals surface area contributed by atoms with Gasteiger partial charge in [0.2, 0.25) is 0 Å². The Balaban J connectivity index is 2.03. The van der Waals surface area contributed by atoms with E-state index in [0.717, 1.165) is 0 Å². The minimum atomic E-state index is -0.979. The first-order valence-electron chi connectivity index (χ1n) is 5.45. The number of carboxylic acid groups (broad SMARTS) is 1. The van der Waals surface area contributed by atoms with Crippen molar-refractivity contribution in [3.05, 3.63) is 30.3 Å². The Kier molecular flexibility index (Phi) is 3.27. The number of carbonyl (C=O) groups is 2. The van der Waals surface area contributed by atoms with E-state index in [1.165, 1.54) is 4.90 Å². The summed E-state index contributed by atoms with van der Waals surface area (Å²) in [5.74, 6) is -0.555. The van der Waals surface area contributed by atoms with Gasteiger partial charge in [-0.05, 0) is 25.0 Å². The summed E-state index contributed by atoms with van der Waals surface area (Å²) >= 11 is 0. The van der Waals surface area contributed by atoms with Gasteiger partial charge in [-0.25, -0.2) is 9.59 Å². The SMILES string of the molecule is O=C(O)[C@H]1CCCN1C(=O)Oc1ccccc1. The number of amides is 1. The molecule has 1 aliphatic heterocycles. The van der Waals surface area contributed by atoms with Crippen LogP contribution in [0.15, 0.2) is 30.3 Å². The van der Waals surface area contributed by atoms with Gasteiger partial charge in [0.25, 0.3) is 0 Å². The first-order valence-corrected chi connectivity index (χ1v) is 5.45. The maximum Gasteiger partial charge on any atom is 0.415 e. The summed E-state index contributed by atoms with van der Waals surface area (Å²) < 4.78 is 5.10. The minimum Gasteiger partial charge on any atom is -0.480 e. The van der Waals surface area contributed by atoms with Gasteiger partial charge in [0.1, 0.15) is 11.8 Å². The van der Waals surface area contributed by atoms with Crippen LogP contribution >= 0.6 is 0 Å². The molecule has 5 heteroatoms. The fourth-order valence-corrected chi connectivity index (χ4v) is 1.89. The van der Waals surface area contributed by atoms with Gasteiger partial charge in [0.15, 0.2) is 0 Å². The third-order valence-electron chi connectivity index (χ3n) is 2.72. The van der Waals surface area contributed by atoms with Crippen LogP contribution in [0.5, 0.6) is 5.75 Å². The van der Waals surface area contributed by atoms with Gasteiger partial charge in [0.05, 0.1) is 0 Å². The van der Waals surface area contributed by atoms with E-state index in [9.17, 15) is 9.59 Å². The Labute approximate surface area is 98.6 Å². The van der Waals surface area contributed by atoms with Crippen LogP contribution in [-0.4, -0.2) is 34.7 Å². The molecule has 0 radical (unpaired) electrons. The van der Waals surface area contributed by atoms with E-state index in [4.69, 9.17) is 9.84 Å². The molecule has 1 aromatic carbocycles. The molecule has 17 heavy (non-hydrogen) atoms. The number of benzene rings is 1. The number of para-hydroxylation sites is 1. The molecule has 1 fully saturated rings. The van der Waals surface area contributed by atoms with Gasteiger partial charge in [-0.2, -0.15) is 0 Å². The van der Waals surface area contributed by atoms with Crippen LogP contribution in [0.3, 0.4) is 0 Å². The predicted octanol–water partition coefficient (Wildman–Crippen LogP) is 1.73. The van der Waals surface area contributed by atoms with Gasteiger partial charge in [0, 0.05) is 6.54 Å². The van der Waals surface area contributed by atoms with Crippen LogP contribution < -0.4 is 4.74 Å². The molecule has 2 rings (SSSR count). The third-order valence-corrected chi connectivity index (χ3v) is 2.72. The summed E-state index contributed by atoms with van der Waals surface area (Å²) in [7, 11) is 0. The lowest BCUT2D eigenvalue weighted by molar-refractivity contribution is -0.141. The second-order valence-corrected chi connectivity index (χ2v) is 3.87. The van der Waals surface area contributed by atoms with E-state index >= 15 is 0 Å². The fourth-order valence-electron chi connectivity index (χ4n) is 1.89. The van der Waals surface area contributed by atoms with Gasteiger partial charge in [-0.3, -0.25) is 4.90 Å². The third kappa shape index (κ3) is 2.55. The predicted molar refractivity (Wildman–Crippen MR) is 59.8 cm³/mol. The monoisotopic (exact) mass is 235 g/mol. The number of aliphatic carboxylic acids is 1. The number of rotatable bonds is 2. The highest BCUT2D eigenvalue weighted by molar-refractivity contribution is 5.81. The molecule has 0 spiro atoms. The zero-order chi connectivity index (χ0) is 12.3. The van der Waals surface area contributed by atoms with E-state index in [-0.39, 0.29) is 0 Å². The van der Waals surface area contributed by atoms with Crippen LogP contribution in [-0.2, 0) is 4.79 Å². The van der Waals surface area contributed by atoms with Crippen LogP contribution in [0.4, 0.5) is 4.79 Å². The molecule has 5 nitrogen and oxygen atoms in total. The van der Waals surface area contributed by atoms with E-state index in [1.807, 2.05) is 6.07 Å². The molecule has 1 aromatic rings. The lowest BCUT2D eigenvalue weighted by atomic mass is 10.2. The second-order valence-electron chi connectivity index (χ2n) is 3.87. The zero-order valence-electron chi connectivity index (χ0n) is 9.20. The largest absolute Gasteiger partial charge is 0.480 e. The number of hydrogen-bond donors (Lipinski definition) is 1. The maximum absolute atomic E-state index is 11.8. The molecule has 1 N–H and O–H groups in total. The molecule has 1 saturated heterocycles. The quantitative estimate of drug-likeness (QED) is 0.847. The van der Waals surface area contributed by atoms with E-state index < -0.39 is 18.1 Å². The minimum absolute atomic E-state index is 0.425. The number of likely N-dealkylation sites (tertiary alicyclic amines) is 1. The summed E-state index contributed by atoms with van der Waals surface area (Å²) in [6.07, 6.45) is 0.584. The molecule has 0 aliphatic carbocycles. The average Bonchev–Trinajstić information content (AvgIpc) is 2.79. The van der Waals surface area contributed by atoms with E-state index in [1.54, 1.807) is 24.3 Å². The normalized spacial score (nSPS) is 19.1. The van der Waals surface area contributed by atoms with Gasteiger partial charge in [-0.15, -0.1) is 0 Å². The van der Waals surface area contributed by atoms with E-state index in [0.29, 0.717) is 25.1 Å². The zero-order valence-corrected chi connectivity index (χ0v) is 9.20. The number of ether oxygens (including phenoxy) is 1. The highest BCUT2D eigenvalue weighted by Crippen LogP contribution is 2.19. The molecule has 0 aromatic heterocycles. The fraction of sp³-hybridized carbons (Fsp3) is 0.333. The molecule has 0 saturated carbocycles. The first-order chi connectivity index (χ1) is 8.18. The van der Waals surface area contributed by atoms with Gasteiger partial charge < -0.3 is 9.84 Å². The maximum atomic E-state index is 11.8. The summed E-state index contributed by atoms with van der Waals surface area (Å²) in [5, 5.41) is 8.95. The summed E-state index contributed by atoms with van der Waals surface area (Å²) in [5.41, 5.74) is 0. The molecule has 1 atom stereocenters. The van der Waals surface area contributed by atoms with Gasteiger partial charge >= 0.3 is 12.1 Å². The number of hydrogen-bond acceptors (Lipinski definition) is 3. The standard InChI is InChI=1S/C12H13NO4/c14-11(15)10-7-4-8-13(10)12(16)17-9-5-2-1-3-6-9/h1-3,5-6,10H,4,7-8H2,(H,14,15)/t10-/m1/s1. The Bertz CT molecular complexity index is 418. The van der Waals surface area contributed by atoms with E-state index in [2.05, 4.69) is 0 Å². The molecular formula is C12H13NO4. The van der Waals surface area contributed by atoms with Crippen molar-refractivity contribution < 1.29 is 19.4 Å². The van der Waals surface area contributed by atoms with Crippen molar-refractivity contribution >= 4 is 12.1 Å². The van der Waals surface area contributed by atoms with Crippen molar-refractivity contribution in [1.82, 2.24) is 4.90 Å². The van der Waals surface area contributed by atoms with Gasteiger partial charge in [-0.1, -0.05) is 18.2 Å². The number of carboxylic acids is 1. The molecular weight excluding hydrogens is 222 g/mol. The van der Waals surface area contributed by atoms with Crippen LogP contribution in [0.25, 0.3) is 0 Å². The number of carbonyl (C=O) groups excluding carboxylic acids is 1. The lowest BCUT2D eigenvalue weighted by Crippen LogP contribution is -2.41. The molecule has 90 valence electrons. The van der Waals surface area contributed by atoms with Crippen LogP contribution in [0, 0.1) is 0 Å². The van der Waals surface area contributed by atoms with Crippen molar-refractivity contribution in [2.45, 2.75) is 18.9 Å². The van der Waals surface area contributed by atoms with Crippen molar-refractivity contribution in [2.24, 2.45) is 0 Å². The Morgan fingerprint density at radius 3 is 2.65 bits per heavy atom. The van der Waals surface area contributed by atoms with Crippen molar-refractivity contribution in [2.75, 3.05) is 6.54 Å². The number of nitrogens with zero attached hydrogens (tertiary/aromatic N) is 1. The molecule has 1 aliphatic rings. The van der Waals surface area contributed by atoms with Crippen molar-refractivity contribution in [3.8, 4) is 5.75 Å². The Morgan fingerprint density at radius 2 is 2.00 bits per heavy atom. The highest BCUT2D eigenvalue weighted by Gasteiger charge is 2.35. The average molecular weight is 235 g/mol. The Hall–Kier alpha value is -2.04. The smallest absolute Gasteiger partial charge is 0.415 e. The summed E-state index contributed by atoms with van der Waals surface area (Å²) in [6, 6.07) is 7.87. The Morgan fingerprint density at radius 1 is 1.29 bits per heavy atom. The topological polar surface area (TPSA) is 66.8 Å². The van der Waals surface area contributed by atoms with Crippen LogP contribution in [0.1, 0.15) is 12.8 Å². The molecule has 0 bridgehead atoms. The lowest BCUT2D eigenvalue weighted by Gasteiger charge is -2.20. The van der Waals surface area contributed by atoms with Crippen molar-refractivity contribution in [1.29, 1.82) is 0 Å².